The molecule has 4 nitrogen and oxygen atoms in total. The molecule has 0 radical (unpaired) electrons. The van der Waals surface area contributed by atoms with Crippen LogP contribution in [-0.4, -0.2) is 17.3 Å². The van der Waals surface area contributed by atoms with Crippen LogP contribution in [0.15, 0.2) is 4.99 Å². The van der Waals surface area contributed by atoms with E-state index in [1.807, 2.05) is 13.8 Å². The van der Waals surface area contributed by atoms with Gasteiger partial charge in [-0.05, 0) is 20.8 Å². The molecule has 0 rings (SSSR count). The summed E-state index contributed by atoms with van der Waals surface area (Å²) < 4.78 is 0. The summed E-state index contributed by atoms with van der Waals surface area (Å²) in [6, 6.07) is 0. The molecule has 0 saturated carbocycles. The van der Waals surface area contributed by atoms with Gasteiger partial charge in [-0.15, -0.1) is 0 Å². The topological polar surface area (TPSA) is 81.5 Å². The molecule has 4 heteroatoms. The van der Waals surface area contributed by atoms with E-state index in [1.54, 1.807) is 6.92 Å². The Hall–Kier alpha value is -1.06. The molecular formula is C7H15N3O. The molecule has 0 aromatic carbocycles. The van der Waals surface area contributed by atoms with Crippen molar-refractivity contribution in [3.63, 3.8) is 0 Å². The van der Waals surface area contributed by atoms with Crippen LogP contribution >= 0.6 is 0 Å². The van der Waals surface area contributed by atoms with Crippen molar-refractivity contribution >= 4 is 11.7 Å². The van der Waals surface area contributed by atoms with Gasteiger partial charge < -0.3 is 11.5 Å². The van der Waals surface area contributed by atoms with Crippen molar-refractivity contribution in [3.8, 4) is 0 Å². The van der Waals surface area contributed by atoms with E-state index in [9.17, 15) is 4.79 Å². The molecule has 0 saturated heterocycles. The quantitative estimate of drug-likeness (QED) is 0.447. The second-order valence-electron chi connectivity index (χ2n) is 3.21. The molecule has 4 N–H and O–H groups in total. The molecule has 0 aromatic heterocycles. The molecule has 64 valence electrons. The number of aliphatic imine (C=N–C) groups is 1. The van der Waals surface area contributed by atoms with Crippen molar-refractivity contribution in [2.45, 2.75) is 32.7 Å². The van der Waals surface area contributed by atoms with Gasteiger partial charge in [0.1, 0.15) is 0 Å². The van der Waals surface area contributed by atoms with E-state index in [0.717, 1.165) is 0 Å². The molecule has 11 heavy (non-hydrogen) atoms. The van der Waals surface area contributed by atoms with Crippen LogP contribution in [0.3, 0.4) is 0 Å². The monoisotopic (exact) mass is 157 g/mol. The number of amides is 1. The van der Waals surface area contributed by atoms with Crippen molar-refractivity contribution in [1.82, 2.24) is 0 Å². The van der Waals surface area contributed by atoms with Crippen molar-refractivity contribution in [2.24, 2.45) is 16.5 Å². The fraction of sp³-hybridized carbons (Fsp3) is 0.714. The SMILES string of the molecule is CC(N)=NC(C)(C)CC(N)=O. The first-order valence-electron chi connectivity index (χ1n) is 3.44. The van der Waals surface area contributed by atoms with Gasteiger partial charge in [0.05, 0.1) is 17.8 Å². The van der Waals surface area contributed by atoms with Gasteiger partial charge in [-0.2, -0.15) is 0 Å². The van der Waals surface area contributed by atoms with Crippen LogP contribution in [-0.2, 0) is 4.79 Å². The molecule has 0 atom stereocenters. The summed E-state index contributed by atoms with van der Waals surface area (Å²) in [5, 5.41) is 0. The van der Waals surface area contributed by atoms with Gasteiger partial charge in [0, 0.05) is 0 Å². The molecule has 0 aliphatic heterocycles. The summed E-state index contributed by atoms with van der Waals surface area (Å²) in [5.74, 6) is 0.108. The van der Waals surface area contributed by atoms with Gasteiger partial charge in [0.25, 0.3) is 0 Å². The lowest BCUT2D eigenvalue weighted by atomic mass is 10.0. The Morgan fingerprint density at radius 2 is 1.91 bits per heavy atom. The highest BCUT2D eigenvalue weighted by Crippen LogP contribution is 2.12. The van der Waals surface area contributed by atoms with E-state index in [2.05, 4.69) is 4.99 Å². The summed E-state index contributed by atoms with van der Waals surface area (Å²) in [6.45, 7) is 5.31. The molecule has 0 aliphatic rings. The van der Waals surface area contributed by atoms with Crippen molar-refractivity contribution in [2.75, 3.05) is 0 Å². The third-order valence-corrected chi connectivity index (χ3v) is 1.09. The summed E-state index contributed by atoms with van der Waals surface area (Å²) >= 11 is 0. The molecule has 0 bridgehead atoms. The third kappa shape index (κ3) is 5.39. The molecule has 0 heterocycles. The van der Waals surface area contributed by atoms with Gasteiger partial charge in [-0.1, -0.05) is 0 Å². The molecule has 0 fully saturated rings. The second-order valence-corrected chi connectivity index (χ2v) is 3.21. The van der Waals surface area contributed by atoms with E-state index in [4.69, 9.17) is 11.5 Å². The zero-order chi connectivity index (χ0) is 9.07. The van der Waals surface area contributed by atoms with E-state index in [0.29, 0.717) is 5.84 Å². The molecule has 0 spiro atoms. The summed E-state index contributed by atoms with van der Waals surface area (Å²) in [5.41, 5.74) is 9.89. The van der Waals surface area contributed by atoms with Crippen molar-refractivity contribution in [3.05, 3.63) is 0 Å². The maximum Gasteiger partial charge on any atom is 0.219 e. The highest BCUT2D eigenvalue weighted by atomic mass is 16.1. The lowest BCUT2D eigenvalue weighted by molar-refractivity contribution is -0.118. The van der Waals surface area contributed by atoms with Gasteiger partial charge >= 0.3 is 0 Å². The molecule has 0 aromatic rings. The number of carbonyl (C=O) groups is 1. The zero-order valence-electron chi connectivity index (χ0n) is 7.22. The summed E-state index contributed by atoms with van der Waals surface area (Å²) in [6.07, 6.45) is 0.224. The number of rotatable bonds is 3. The Kier molecular flexibility index (Phi) is 3.04. The first kappa shape index (κ1) is 9.94. The van der Waals surface area contributed by atoms with Crippen LogP contribution < -0.4 is 11.5 Å². The Balaban J connectivity index is 4.22. The maximum absolute atomic E-state index is 10.5. The average molecular weight is 157 g/mol. The fourth-order valence-electron chi connectivity index (χ4n) is 0.943. The number of hydrogen-bond donors (Lipinski definition) is 2. The normalized spacial score (nSPS) is 13.2. The summed E-state index contributed by atoms with van der Waals surface area (Å²) in [4.78, 5) is 14.6. The molecular weight excluding hydrogens is 142 g/mol. The third-order valence-electron chi connectivity index (χ3n) is 1.09. The summed E-state index contributed by atoms with van der Waals surface area (Å²) in [7, 11) is 0. The molecule has 0 unspecified atom stereocenters. The number of nitrogens with zero attached hydrogens (tertiary/aromatic N) is 1. The van der Waals surface area contributed by atoms with E-state index >= 15 is 0 Å². The van der Waals surface area contributed by atoms with Crippen molar-refractivity contribution < 1.29 is 4.79 Å². The van der Waals surface area contributed by atoms with Gasteiger partial charge in [0.2, 0.25) is 5.91 Å². The Morgan fingerprint density at radius 1 is 1.45 bits per heavy atom. The Morgan fingerprint density at radius 3 is 2.18 bits per heavy atom. The first-order chi connectivity index (χ1) is 4.83. The first-order valence-corrected chi connectivity index (χ1v) is 3.44. The van der Waals surface area contributed by atoms with Crippen LogP contribution in [0.2, 0.25) is 0 Å². The largest absolute Gasteiger partial charge is 0.388 e. The Bertz CT molecular complexity index is 180. The number of carbonyl (C=O) groups excluding carboxylic acids is 1. The number of amidine groups is 1. The molecule has 1 amide bonds. The minimum atomic E-state index is -0.468. The number of primary amides is 1. The number of nitrogens with two attached hydrogens (primary N) is 2. The van der Waals surface area contributed by atoms with E-state index in [1.165, 1.54) is 0 Å². The van der Waals surface area contributed by atoms with E-state index in [-0.39, 0.29) is 12.3 Å². The smallest absolute Gasteiger partial charge is 0.219 e. The second kappa shape index (κ2) is 3.37. The predicted molar refractivity (Wildman–Crippen MR) is 45.2 cm³/mol. The predicted octanol–water partition coefficient (Wildman–Crippen LogP) is 0.0175. The lowest BCUT2D eigenvalue weighted by Crippen LogP contribution is -2.28. The van der Waals surface area contributed by atoms with Crippen molar-refractivity contribution in [1.29, 1.82) is 0 Å². The average Bonchev–Trinajstić information content (AvgIpc) is 1.53. The van der Waals surface area contributed by atoms with E-state index < -0.39 is 5.54 Å². The standard InChI is InChI=1S/C7H15N3O/c1-5(8)10-7(2,3)4-6(9)11/h4H2,1-3H3,(H2,8,10)(H2,9,11). The van der Waals surface area contributed by atoms with Gasteiger partial charge in [-0.3, -0.25) is 9.79 Å². The van der Waals surface area contributed by atoms with Gasteiger partial charge in [-0.25, -0.2) is 0 Å². The Labute approximate surface area is 66.7 Å². The highest BCUT2D eigenvalue weighted by Gasteiger charge is 2.18. The van der Waals surface area contributed by atoms with Crippen LogP contribution in [0.4, 0.5) is 0 Å². The van der Waals surface area contributed by atoms with Crippen LogP contribution in [0.5, 0.6) is 0 Å². The van der Waals surface area contributed by atoms with Gasteiger partial charge in [0.15, 0.2) is 0 Å². The zero-order valence-corrected chi connectivity index (χ0v) is 7.22. The minimum absolute atomic E-state index is 0.224. The van der Waals surface area contributed by atoms with Crippen LogP contribution in [0, 0.1) is 0 Å². The minimum Gasteiger partial charge on any atom is -0.388 e. The highest BCUT2D eigenvalue weighted by molar-refractivity contribution is 5.79. The van der Waals surface area contributed by atoms with Crippen LogP contribution in [0.25, 0.3) is 0 Å². The lowest BCUT2D eigenvalue weighted by Gasteiger charge is -2.17. The van der Waals surface area contributed by atoms with Crippen LogP contribution in [0.1, 0.15) is 27.2 Å². The molecule has 0 aliphatic carbocycles. The fourth-order valence-corrected chi connectivity index (χ4v) is 0.943. The maximum atomic E-state index is 10.5. The number of hydrogen-bond acceptors (Lipinski definition) is 2.